The number of aliphatic imine (C=N–C) groups is 1. The first-order valence-corrected chi connectivity index (χ1v) is 25.2. The third-order valence-electron chi connectivity index (χ3n) is 17.1. The Morgan fingerprint density at radius 2 is 1.56 bits per heavy atom. The highest BCUT2D eigenvalue weighted by Gasteiger charge is 2.57. The van der Waals surface area contributed by atoms with Gasteiger partial charge in [-0.3, -0.25) is 4.99 Å². The van der Waals surface area contributed by atoms with Crippen LogP contribution in [-0.2, 0) is 0 Å². The zero-order valence-corrected chi connectivity index (χ0v) is 41.4. The molecule has 0 aromatic heterocycles. The summed E-state index contributed by atoms with van der Waals surface area (Å²) in [7, 11) is 2.05. The van der Waals surface area contributed by atoms with Crippen LogP contribution >= 0.6 is 0 Å². The van der Waals surface area contributed by atoms with Crippen molar-refractivity contribution in [3.05, 3.63) is 178 Å². The zero-order valence-electron chi connectivity index (χ0n) is 41.4. The highest BCUT2D eigenvalue weighted by Crippen LogP contribution is 2.64. The van der Waals surface area contributed by atoms with E-state index in [1.54, 1.807) is 5.57 Å². The number of nitrogens with two attached hydrogens (primary N) is 1. The lowest BCUT2D eigenvalue weighted by Crippen LogP contribution is -2.34. The number of benzene rings is 3. The number of allylic oxidation sites excluding steroid dienone is 14. The number of rotatable bonds is 8. The van der Waals surface area contributed by atoms with Gasteiger partial charge < -0.3 is 11.1 Å². The van der Waals surface area contributed by atoms with Crippen molar-refractivity contribution in [3.63, 3.8) is 0 Å². The first-order valence-electron chi connectivity index (χ1n) is 25.2. The second-order valence-corrected chi connectivity index (χ2v) is 21.9. The first-order chi connectivity index (χ1) is 31.7. The maximum Gasteiger partial charge on any atom is 0.0483 e. The molecule has 9 rings (SSSR count). The highest BCUT2D eigenvalue weighted by atomic mass is 14.9. The lowest BCUT2D eigenvalue weighted by atomic mass is 9.65. The third kappa shape index (κ3) is 8.86. The number of hydrogen-bond acceptors (Lipinski definition) is 3. The van der Waals surface area contributed by atoms with Gasteiger partial charge in [-0.2, -0.15) is 0 Å². The summed E-state index contributed by atoms with van der Waals surface area (Å²) in [4.78, 5) is 5.25. The van der Waals surface area contributed by atoms with Crippen LogP contribution in [0.4, 0.5) is 5.69 Å². The van der Waals surface area contributed by atoms with Crippen LogP contribution in [0.25, 0.3) is 27.8 Å². The summed E-state index contributed by atoms with van der Waals surface area (Å²) in [5.41, 5.74) is 26.4. The standard InChI is InChI=1S/C63H75N3/c1-40-20-15-16-23-48(40)50-30-26-44(35-43(50)4)45-27-31-51(49-22-13-10-12-19-41(49)2)60(38-45)66-59(47-28-32-52-55(36-47)62(5,6)34-17-11-14-25-57(52)64)39-58(65-9)46-29-33-53-56(37-46)63(7,8)54-24-18-21-42(3)61(53)54/h10-11,13-17,19-23,25-27,30-32,35-36,38-39,46-47,53-54,56-57,61,66H,12,18,24,28-29,33-34,37,64H2,1-9H3/b17-11-,25-14-,59-39-,65-58?. The van der Waals surface area contributed by atoms with E-state index in [-0.39, 0.29) is 17.4 Å². The van der Waals surface area contributed by atoms with E-state index in [1.807, 2.05) is 7.05 Å². The minimum absolute atomic E-state index is 0.0833. The van der Waals surface area contributed by atoms with Gasteiger partial charge in [-0.25, -0.2) is 0 Å². The molecular weight excluding hydrogens is 799 g/mol. The van der Waals surface area contributed by atoms with Gasteiger partial charge in [-0.05, 0) is 181 Å². The van der Waals surface area contributed by atoms with Crippen LogP contribution in [0.15, 0.2) is 167 Å². The molecule has 3 nitrogen and oxygen atoms in total. The minimum Gasteiger partial charge on any atom is -0.358 e. The van der Waals surface area contributed by atoms with Crippen molar-refractivity contribution < 1.29 is 0 Å². The summed E-state index contributed by atoms with van der Waals surface area (Å²) in [6.07, 6.45) is 37.0. The number of nitrogens with one attached hydrogen (secondary N) is 1. The van der Waals surface area contributed by atoms with Crippen molar-refractivity contribution in [1.29, 1.82) is 0 Å². The molecule has 3 aromatic carbocycles. The summed E-state index contributed by atoms with van der Waals surface area (Å²) in [6, 6.07) is 22.7. The van der Waals surface area contributed by atoms with Gasteiger partial charge in [0.1, 0.15) is 0 Å². The fourth-order valence-electron chi connectivity index (χ4n) is 13.4. The third-order valence-corrected chi connectivity index (χ3v) is 17.1. The minimum atomic E-state index is -0.145. The molecule has 0 radical (unpaired) electrons. The lowest BCUT2D eigenvalue weighted by Gasteiger charge is -2.40. The predicted molar refractivity (Wildman–Crippen MR) is 284 cm³/mol. The summed E-state index contributed by atoms with van der Waals surface area (Å²) >= 11 is 0. The average molecular weight is 874 g/mol. The van der Waals surface area contributed by atoms with E-state index in [0.29, 0.717) is 17.3 Å². The summed E-state index contributed by atoms with van der Waals surface area (Å²) in [5.74, 6) is 3.54. The number of nitrogens with zero attached hydrogens (tertiary/aromatic N) is 1. The van der Waals surface area contributed by atoms with Crippen LogP contribution in [0.3, 0.4) is 0 Å². The zero-order chi connectivity index (χ0) is 46.3. The number of hydrogen-bond donors (Lipinski definition) is 2. The fraction of sp³-hybridized carbons (Fsp3) is 0.413. The van der Waals surface area contributed by atoms with Gasteiger partial charge in [0.15, 0.2) is 0 Å². The first kappa shape index (κ1) is 45.9. The number of aryl methyl sites for hydroxylation is 2. The molecule has 3 N–H and O–H groups in total. The second-order valence-electron chi connectivity index (χ2n) is 21.9. The quantitative estimate of drug-likeness (QED) is 0.175. The molecule has 7 atom stereocenters. The van der Waals surface area contributed by atoms with Gasteiger partial charge in [-0.15, -0.1) is 0 Å². The molecule has 0 spiro atoms. The smallest absolute Gasteiger partial charge is 0.0483 e. The molecule has 2 saturated carbocycles. The summed E-state index contributed by atoms with van der Waals surface area (Å²) < 4.78 is 0. The van der Waals surface area contributed by atoms with Crippen LogP contribution in [0, 0.1) is 60.2 Å². The van der Waals surface area contributed by atoms with Gasteiger partial charge in [0.25, 0.3) is 0 Å². The lowest BCUT2D eigenvalue weighted by molar-refractivity contribution is 0.119. The Hall–Kier alpha value is -5.25. The van der Waals surface area contributed by atoms with Gasteiger partial charge in [0.05, 0.1) is 0 Å². The molecular formula is C63H75N3. The molecule has 0 amide bonds. The fourth-order valence-corrected chi connectivity index (χ4v) is 13.4. The Morgan fingerprint density at radius 1 is 0.788 bits per heavy atom. The predicted octanol–water partition coefficient (Wildman–Crippen LogP) is 16.1. The van der Waals surface area contributed by atoms with E-state index in [1.165, 1.54) is 105 Å². The Morgan fingerprint density at radius 3 is 2.35 bits per heavy atom. The largest absolute Gasteiger partial charge is 0.358 e. The second kappa shape index (κ2) is 18.8. The van der Waals surface area contributed by atoms with Crippen LogP contribution in [0.5, 0.6) is 0 Å². The number of fused-ring (bicyclic) bond motifs is 4. The van der Waals surface area contributed by atoms with E-state index in [2.05, 4.69) is 194 Å². The maximum atomic E-state index is 6.97. The van der Waals surface area contributed by atoms with E-state index in [4.69, 9.17) is 10.7 Å². The van der Waals surface area contributed by atoms with Gasteiger partial charge >= 0.3 is 0 Å². The van der Waals surface area contributed by atoms with Gasteiger partial charge in [0.2, 0.25) is 0 Å². The SMILES string of the molecule is CN=C(/C=C(\Nc1cc(-c2ccc(-c3ccccc3C)c(C)c2)ccc1C1=CC=CCC=C1C)C1C=C2C(=CC1)C(N)/C=C\C=C/CC2(C)C)C1CCC2C3C(C)=CCCC3C(C)(C)C2C1. The molecule has 3 aromatic rings. The molecule has 0 aliphatic heterocycles. The molecule has 0 bridgehead atoms. The summed E-state index contributed by atoms with van der Waals surface area (Å²) in [6.45, 7) is 19.1. The molecule has 0 heterocycles. The van der Waals surface area contributed by atoms with Gasteiger partial charge in [-0.1, -0.05) is 155 Å². The Balaban J connectivity index is 1.16. The molecule has 66 heavy (non-hydrogen) atoms. The molecule has 6 aliphatic carbocycles. The van der Waals surface area contributed by atoms with E-state index in [9.17, 15) is 0 Å². The van der Waals surface area contributed by atoms with Crippen molar-refractivity contribution in [1.82, 2.24) is 0 Å². The van der Waals surface area contributed by atoms with Crippen molar-refractivity contribution in [2.45, 2.75) is 113 Å². The monoisotopic (exact) mass is 874 g/mol. The molecule has 0 saturated heterocycles. The Labute approximate surface area is 398 Å². The van der Waals surface area contributed by atoms with E-state index in [0.717, 1.165) is 42.7 Å². The van der Waals surface area contributed by atoms with Crippen LogP contribution in [0.1, 0.15) is 110 Å². The van der Waals surface area contributed by atoms with Crippen LogP contribution in [0.2, 0.25) is 0 Å². The van der Waals surface area contributed by atoms with Crippen molar-refractivity contribution in [2.75, 3.05) is 12.4 Å². The van der Waals surface area contributed by atoms with Crippen LogP contribution < -0.4 is 11.1 Å². The Bertz CT molecular complexity index is 2680. The van der Waals surface area contributed by atoms with E-state index < -0.39 is 0 Å². The summed E-state index contributed by atoms with van der Waals surface area (Å²) in [5, 5.41) is 4.26. The molecule has 3 heteroatoms. The molecule has 342 valence electrons. The highest BCUT2D eigenvalue weighted by molar-refractivity contribution is 5.98. The van der Waals surface area contributed by atoms with E-state index >= 15 is 0 Å². The molecule has 2 fully saturated rings. The van der Waals surface area contributed by atoms with Crippen molar-refractivity contribution in [2.24, 2.45) is 57.1 Å². The maximum absolute atomic E-state index is 6.97. The average Bonchev–Trinajstić information content (AvgIpc) is 3.39. The Kier molecular flexibility index (Phi) is 13.1. The molecule has 6 aliphatic rings. The van der Waals surface area contributed by atoms with Crippen molar-refractivity contribution in [3.8, 4) is 22.3 Å². The molecule has 7 unspecified atom stereocenters. The normalized spacial score (nSPS) is 29.2. The van der Waals surface area contributed by atoms with Crippen molar-refractivity contribution >= 4 is 17.0 Å². The topological polar surface area (TPSA) is 50.4 Å². The van der Waals surface area contributed by atoms with Crippen LogP contribution in [-0.4, -0.2) is 18.8 Å². The van der Waals surface area contributed by atoms with Gasteiger partial charge in [0, 0.05) is 47.6 Å². The number of anilines is 1.